The molecule has 0 aromatic rings. The van der Waals surface area contributed by atoms with Gasteiger partial charge in [-0.2, -0.15) is 0 Å². The van der Waals surface area contributed by atoms with Crippen molar-refractivity contribution in [1.29, 1.82) is 0 Å². The molecule has 0 aliphatic heterocycles. The van der Waals surface area contributed by atoms with Gasteiger partial charge >= 0.3 is 39.5 Å². The molecule has 0 aromatic heterocycles. The average molecular weight is 1420 g/mol. The highest BCUT2D eigenvalue weighted by molar-refractivity contribution is 7.47. The molecular weight excluding hydrogens is 1280 g/mol. The van der Waals surface area contributed by atoms with Crippen LogP contribution in [-0.4, -0.2) is 96.7 Å². The maximum Gasteiger partial charge on any atom is 0.472 e. The number of aliphatic hydroxyl groups excluding tert-OH is 1. The zero-order valence-electron chi connectivity index (χ0n) is 61.7. The molecule has 0 bridgehead atoms. The molecule has 0 aromatic carbocycles. The van der Waals surface area contributed by atoms with E-state index in [1.54, 1.807) is 0 Å². The van der Waals surface area contributed by atoms with Gasteiger partial charge in [0.1, 0.15) is 19.3 Å². The van der Waals surface area contributed by atoms with Crippen molar-refractivity contribution in [3.05, 3.63) is 97.2 Å². The molecule has 19 heteroatoms. The second-order valence-electron chi connectivity index (χ2n) is 25.6. The summed E-state index contributed by atoms with van der Waals surface area (Å²) in [6, 6.07) is 0. The van der Waals surface area contributed by atoms with Crippen LogP contribution in [0.3, 0.4) is 0 Å². The Morgan fingerprint density at radius 1 is 0.286 bits per heavy atom. The molecule has 566 valence electrons. The Balaban J connectivity index is 5.38. The van der Waals surface area contributed by atoms with Crippen molar-refractivity contribution < 1.29 is 80.2 Å². The van der Waals surface area contributed by atoms with E-state index in [9.17, 15) is 43.2 Å². The Kier molecular flexibility index (Phi) is 68.4. The fourth-order valence-electron chi connectivity index (χ4n) is 10.1. The molecule has 17 nitrogen and oxygen atoms in total. The molecule has 0 fully saturated rings. The summed E-state index contributed by atoms with van der Waals surface area (Å²) in [5, 5.41) is 10.6. The Labute approximate surface area is 595 Å². The van der Waals surface area contributed by atoms with Crippen LogP contribution in [-0.2, 0) is 65.4 Å². The van der Waals surface area contributed by atoms with Gasteiger partial charge in [-0.15, -0.1) is 0 Å². The van der Waals surface area contributed by atoms with Gasteiger partial charge < -0.3 is 33.8 Å². The van der Waals surface area contributed by atoms with Gasteiger partial charge in [-0.25, -0.2) is 9.13 Å². The predicted octanol–water partition coefficient (Wildman–Crippen LogP) is 22.0. The summed E-state index contributed by atoms with van der Waals surface area (Å²) < 4.78 is 68.4. The Morgan fingerprint density at radius 3 is 0.796 bits per heavy atom. The molecule has 0 heterocycles. The van der Waals surface area contributed by atoms with Crippen LogP contribution in [0.2, 0.25) is 0 Å². The highest BCUT2D eigenvalue weighted by atomic mass is 31.2. The van der Waals surface area contributed by atoms with Crippen molar-refractivity contribution in [2.75, 3.05) is 39.6 Å². The first-order valence-corrected chi connectivity index (χ1v) is 41.5. The van der Waals surface area contributed by atoms with Gasteiger partial charge in [-0.3, -0.25) is 37.3 Å². The number of carbonyl (C=O) groups excluding carboxylic acids is 4. The number of ether oxygens (including phenoxy) is 4. The van der Waals surface area contributed by atoms with E-state index in [-0.39, 0.29) is 25.7 Å². The Hall–Kier alpha value is -4.02. The van der Waals surface area contributed by atoms with Gasteiger partial charge in [0.2, 0.25) is 0 Å². The Bertz CT molecular complexity index is 2240. The first kappa shape index (κ1) is 94.0. The molecule has 0 saturated heterocycles. The van der Waals surface area contributed by atoms with Crippen molar-refractivity contribution in [3.63, 3.8) is 0 Å². The fourth-order valence-corrected chi connectivity index (χ4v) is 11.6. The molecule has 5 atom stereocenters. The summed E-state index contributed by atoms with van der Waals surface area (Å²) in [5.41, 5.74) is 0. The summed E-state index contributed by atoms with van der Waals surface area (Å²) in [6.45, 7) is 4.68. The lowest BCUT2D eigenvalue weighted by Crippen LogP contribution is -2.30. The zero-order valence-corrected chi connectivity index (χ0v) is 63.5. The lowest BCUT2D eigenvalue weighted by molar-refractivity contribution is -0.161. The smallest absolute Gasteiger partial charge is 0.462 e. The van der Waals surface area contributed by atoms with Crippen molar-refractivity contribution in [2.24, 2.45) is 0 Å². The van der Waals surface area contributed by atoms with Crippen molar-refractivity contribution >= 4 is 39.5 Å². The average Bonchev–Trinajstić information content (AvgIpc) is 1.07. The molecule has 0 aliphatic rings. The minimum absolute atomic E-state index is 0.0752. The molecule has 0 radical (unpaired) electrons. The van der Waals surface area contributed by atoms with E-state index < -0.39 is 97.5 Å². The van der Waals surface area contributed by atoms with Crippen molar-refractivity contribution in [3.8, 4) is 0 Å². The highest BCUT2D eigenvalue weighted by Gasteiger charge is 2.30. The van der Waals surface area contributed by atoms with E-state index in [1.165, 1.54) is 57.8 Å². The second-order valence-corrected chi connectivity index (χ2v) is 28.5. The lowest BCUT2D eigenvalue weighted by atomic mass is 10.1. The number of phosphoric ester groups is 2. The number of carbonyl (C=O) groups is 4. The van der Waals surface area contributed by atoms with Gasteiger partial charge in [-0.05, 0) is 148 Å². The fraction of sp³-hybridized carbons (Fsp3) is 0.747. The summed E-state index contributed by atoms with van der Waals surface area (Å²) in [5.74, 6) is -2.23. The number of hydrogen-bond donors (Lipinski definition) is 3. The molecule has 0 amide bonds. The van der Waals surface area contributed by atoms with Crippen LogP contribution in [0.4, 0.5) is 0 Å². The maximum absolute atomic E-state index is 13.1. The number of allylic oxidation sites excluding steroid dienone is 16. The van der Waals surface area contributed by atoms with Crippen LogP contribution in [0.15, 0.2) is 97.2 Å². The molecular formula is C79H138O17P2. The number of esters is 4. The number of hydrogen-bond acceptors (Lipinski definition) is 15. The van der Waals surface area contributed by atoms with Gasteiger partial charge in [0.15, 0.2) is 12.2 Å². The standard InChI is InChI=1S/C79H138O17P2/c1-5-9-13-17-21-25-29-33-36-40-43-47-51-55-59-63-76(81)89-69-74(95-78(83)65-61-57-53-49-45-39-32-28-24-20-16-12-8-4)71-93-97(85,86)91-67-73(80)68-92-98(87,88)94-72-75(96-79(84)66-62-58-54-50-46-42-38-35-31-27-23-19-15-11-7-3)70-90-77(82)64-60-56-52-48-44-41-37-34-30-26-22-18-14-10-6-2/h16,20-23,25-28,32-38,73-75,80H,5-15,17-19,24,29-31,39-72H2,1-4H3,(H,85,86)(H,87,88)/b20-16-,25-21-,26-22-,27-23-,32-28-,36-33-,37-34-,38-35-. The number of unbranched alkanes of at least 4 members (excludes halogenated alkanes) is 30. The monoisotopic (exact) mass is 1420 g/mol. The third-order valence-electron chi connectivity index (χ3n) is 16.0. The number of aliphatic hydroxyl groups is 1. The second kappa shape index (κ2) is 71.4. The Morgan fingerprint density at radius 2 is 0.520 bits per heavy atom. The minimum Gasteiger partial charge on any atom is -0.462 e. The number of rotatable bonds is 72. The third-order valence-corrected chi connectivity index (χ3v) is 17.9. The summed E-state index contributed by atoms with van der Waals surface area (Å²) in [6.07, 6.45) is 73.9. The van der Waals surface area contributed by atoms with E-state index in [4.69, 9.17) is 37.0 Å². The van der Waals surface area contributed by atoms with Crippen molar-refractivity contribution in [1.82, 2.24) is 0 Å². The van der Waals surface area contributed by atoms with E-state index in [0.29, 0.717) is 25.7 Å². The minimum atomic E-state index is -4.98. The third kappa shape index (κ3) is 70.4. The van der Waals surface area contributed by atoms with Crippen LogP contribution in [0.25, 0.3) is 0 Å². The van der Waals surface area contributed by atoms with Crippen LogP contribution < -0.4 is 0 Å². The first-order valence-electron chi connectivity index (χ1n) is 38.5. The molecule has 0 rings (SSSR count). The lowest BCUT2D eigenvalue weighted by Gasteiger charge is -2.21. The number of phosphoric acid groups is 2. The molecule has 0 saturated carbocycles. The molecule has 0 aliphatic carbocycles. The quantitative estimate of drug-likeness (QED) is 0.0169. The van der Waals surface area contributed by atoms with Gasteiger partial charge in [0.25, 0.3) is 0 Å². The first-order chi connectivity index (χ1) is 47.7. The van der Waals surface area contributed by atoms with Crippen LogP contribution in [0, 0.1) is 0 Å². The molecule has 5 unspecified atom stereocenters. The van der Waals surface area contributed by atoms with Gasteiger partial charge in [0.05, 0.1) is 26.4 Å². The van der Waals surface area contributed by atoms with Crippen LogP contribution >= 0.6 is 15.6 Å². The van der Waals surface area contributed by atoms with E-state index in [0.717, 1.165) is 186 Å². The zero-order chi connectivity index (χ0) is 71.8. The normalized spacial score (nSPS) is 14.5. The largest absolute Gasteiger partial charge is 0.472 e. The van der Waals surface area contributed by atoms with Crippen LogP contribution in [0.1, 0.15) is 323 Å². The SMILES string of the molecule is CCC/C=C\C/C=C\CCCCCCCC(=O)OC(COC(=O)CCCCCCC/C=C\C/C=C\CCCCC)COP(=O)(O)OCC(O)COP(=O)(O)OCC(COC(=O)CCCCCCC/C=C\C/C=C\CCCCC)OC(=O)CCCCCCC/C=C\C/C=C\CCCCC. The molecule has 0 spiro atoms. The summed E-state index contributed by atoms with van der Waals surface area (Å²) in [4.78, 5) is 72.8. The maximum atomic E-state index is 13.1. The van der Waals surface area contributed by atoms with Gasteiger partial charge in [-0.1, -0.05) is 247 Å². The predicted molar refractivity (Wildman–Crippen MR) is 399 cm³/mol. The van der Waals surface area contributed by atoms with Gasteiger partial charge in [0, 0.05) is 25.7 Å². The van der Waals surface area contributed by atoms with Crippen LogP contribution in [0.5, 0.6) is 0 Å². The van der Waals surface area contributed by atoms with E-state index in [2.05, 4.69) is 125 Å². The highest BCUT2D eigenvalue weighted by Crippen LogP contribution is 2.45. The summed E-state index contributed by atoms with van der Waals surface area (Å²) in [7, 11) is -9.96. The van der Waals surface area contributed by atoms with E-state index in [1.807, 2.05) is 0 Å². The van der Waals surface area contributed by atoms with E-state index >= 15 is 0 Å². The van der Waals surface area contributed by atoms with Crippen molar-refractivity contribution in [2.45, 2.75) is 341 Å². The topological polar surface area (TPSA) is 237 Å². The summed E-state index contributed by atoms with van der Waals surface area (Å²) >= 11 is 0. The molecule has 3 N–H and O–H groups in total. The molecule has 98 heavy (non-hydrogen) atoms.